The lowest BCUT2D eigenvalue weighted by molar-refractivity contribution is -0.173. The average molecular weight is 1030 g/mol. The van der Waals surface area contributed by atoms with Crippen molar-refractivity contribution in [3.8, 4) is 0 Å². The van der Waals surface area contributed by atoms with Gasteiger partial charge in [0, 0.05) is 25.7 Å². The van der Waals surface area contributed by atoms with Crippen molar-refractivity contribution in [1.82, 2.24) is 52.7 Å². The molecule has 32 heteroatoms. The third-order valence-corrected chi connectivity index (χ3v) is 10.7. The molecule has 10 amide bonds. The topological polar surface area (TPSA) is 523 Å². The second kappa shape index (κ2) is 31.3. The van der Waals surface area contributed by atoms with Crippen molar-refractivity contribution < 1.29 is 88.7 Å². The number of carboxylic acid groups (broad SMARTS) is 1. The number of carboxylic acids is 1. The highest BCUT2D eigenvalue weighted by molar-refractivity contribution is 6.02. The van der Waals surface area contributed by atoms with Crippen LogP contribution in [0.15, 0.2) is 16.8 Å². The Hall–Kier alpha value is -7.10. The Morgan fingerprint density at radius 2 is 1.42 bits per heavy atom. The molecule has 11 atom stereocenters. The third kappa shape index (κ3) is 21.1. The minimum atomic E-state index is -2.60. The lowest BCUT2D eigenvalue weighted by Gasteiger charge is -2.30. The highest BCUT2D eigenvalue weighted by Gasteiger charge is 2.39. The van der Waals surface area contributed by atoms with Gasteiger partial charge in [-0.2, -0.15) is 0 Å². The fraction of sp³-hybridized carbons (Fsp3) is 0.650. The highest BCUT2D eigenvalue weighted by atomic mass is 16.5. The molecule has 1 aliphatic heterocycles. The molecule has 1 aliphatic rings. The van der Waals surface area contributed by atoms with Crippen molar-refractivity contribution in [2.45, 2.75) is 127 Å². The molecule has 0 spiro atoms. The van der Waals surface area contributed by atoms with E-state index < -0.39 is 145 Å². The van der Waals surface area contributed by atoms with Gasteiger partial charge < -0.3 is 85.3 Å². The van der Waals surface area contributed by atoms with Gasteiger partial charge in [-0.05, 0) is 59.3 Å². The number of nitrogens with one attached hydrogen (secondary N) is 8. The third-order valence-electron chi connectivity index (χ3n) is 10.7. The number of aliphatic carboxylic acids is 1. The Kier molecular flexibility index (Phi) is 27.3. The number of aliphatic hydroxyl groups excluding tert-OH is 4. The van der Waals surface area contributed by atoms with E-state index in [1.54, 1.807) is 0 Å². The van der Waals surface area contributed by atoms with Gasteiger partial charge in [-0.3, -0.25) is 63.4 Å². The van der Waals surface area contributed by atoms with Gasteiger partial charge in [-0.25, -0.2) is 14.9 Å². The van der Waals surface area contributed by atoms with E-state index in [0.29, 0.717) is 11.5 Å². The lowest BCUT2D eigenvalue weighted by atomic mass is 9.97. The molecule has 406 valence electrons. The smallest absolute Gasteiger partial charge is 0.335 e. The first-order valence-electron chi connectivity index (χ1n) is 22.4. The van der Waals surface area contributed by atoms with Gasteiger partial charge in [-0.1, -0.05) is 13.0 Å². The molecular weight excluding hydrogens is 965 g/mol. The van der Waals surface area contributed by atoms with E-state index in [9.17, 15) is 88.7 Å². The number of hydrogen-bond acceptors (Lipinski definition) is 19. The number of carbonyl (C=O) groups excluding carboxylic acids is 10. The summed E-state index contributed by atoms with van der Waals surface area (Å²) in [5.74, 6) is -13.6. The number of aliphatic imine (C=N–C) groups is 1. The number of hydroxylamine groups is 4. The number of hydrogen-bond donors (Lipinski definition) is 18. The molecule has 0 aromatic rings. The zero-order valence-corrected chi connectivity index (χ0v) is 40.0. The van der Waals surface area contributed by atoms with Crippen LogP contribution < -0.4 is 59.7 Å². The molecule has 1 rings (SSSR count). The van der Waals surface area contributed by atoms with Crippen molar-refractivity contribution in [3.63, 3.8) is 0 Å². The average Bonchev–Trinajstić information content (AvgIpc) is 3.32. The lowest BCUT2D eigenvalue weighted by Crippen LogP contribution is -2.62. The van der Waals surface area contributed by atoms with Gasteiger partial charge in [0.15, 0.2) is 12.1 Å². The van der Waals surface area contributed by atoms with E-state index in [1.807, 2.05) is 10.6 Å². The highest BCUT2D eigenvalue weighted by Crippen LogP contribution is 2.12. The summed E-state index contributed by atoms with van der Waals surface area (Å²) in [6.07, 6.45) is -4.75. The summed E-state index contributed by atoms with van der Waals surface area (Å²) < 4.78 is 0. The summed E-state index contributed by atoms with van der Waals surface area (Å²) in [6.45, 7) is 2.48. The van der Waals surface area contributed by atoms with Crippen LogP contribution in [0, 0.1) is 5.92 Å². The van der Waals surface area contributed by atoms with Crippen molar-refractivity contribution in [3.05, 3.63) is 11.8 Å². The Labute approximate surface area is 411 Å². The van der Waals surface area contributed by atoms with Gasteiger partial charge in [0.05, 0.1) is 31.3 Å². The van der Waals surface area contributed by atoms with E-state index in [2.05, 4.69) is 36.9 Å². The van der Waals surface area contributed by atoms with Gasteiger partial charge in [0.1, 0.15) is 41.9 Å². The molecule has 0 saturated carbocycles. The summed E-state index contributed by atoms with van der Waals surface area (Å²) in [7, 11) is 0. The van der Waals surface area contributed by atoms with Crippen molar-refractivity contribution in [2.24, 2.45) is 28.1 Å². The van der Waals surface area contributed by atoms with Crippen LogP contribution in [0.25, 0.3) is 0 Å². The second-order valence-corrected chi connectivity index (χ2v) is 16.5. The Morgan fingerprint density at radius 3 is 1.97 bits per heavy atom. The number of guanidine groups is 1. The first-order chi connectivity index (χ1) is 33.7. The number of allylic oxidation sites excluding steroid dienone is 1. The Balaban J connectivity index is 3.19. The summed E-state index contributed by atoms with van der Waals surface area (Å²) in [5, 5.41) is 87.8. The number of nitrogens with zero attached hydrogens (tertiary/aromatic N) is 3. The molecular formula is C40H68N14O18. The normalized spacial score (nSPS) is 17.8. The number of carbonyl (C=O) groups is 11. The Bertz CT molecular complexity index is 1990. The zero-order valence-electron chi connectivity index (χ0n) is 40.0. The van der Waals surface area contributed by atoms with Gasteiger partial charge >= 0.3 is 5.97 Å². The summed E-state index contributed by atoms with van der Waals surface area (Å²) in [4.78, 5) is 145. The van der Waals surface area contributed by atoms with Gasteiger partial charge in [-0.15, -0.1) is 0 Å². The van der Waals surface area contributed by atoms with E-state index in [4.69, 9.17) is 17.2 Å². The van der Waals surface area contributed by atoms with Gasteiger partial charge in [0.25, 0.3) is 11.8 Å². The molecule has 0 aliphatic carbocycles. The summed E-state index contributed by atoms with van der Waals surface area (Å²) >= 11 is 0. The molecule has 72 heavy (non-hydrogen) atoms. The quantitative estimate of drug-likeness (QED) is 0.00583. The number of piperidine rings is 1. The molecule has 1 heterocycles. The standard InChI is InChI=1S/C40H68N14O18/c1-5-21(46-26(58)15-45-36(66)27(20(4)57)51-37(67)28(30(60)39(69)70)52-31(61)18(2)29(59)19(3)41)32(62)47-23(10-7-13-53(71)17-56)34(64)50-25(16-55)35(65)48-22(9-6-12-44-40(42)43)33(63)49-24-11-8-14-54(72)38(24)68/h5,17-20,22-25,27-30,55,57,59-60,71-72H,6-16,41H2,1-4H3,(H,45,66)(H,46,58)(H,47,62)(H,48,65)(H,49,63)(H,50,64)(H,51,67)(H,52,61)(H,69,70)(H4,42,43,44)/b21-5-/t18-,19-,20-,22+,23+,24-,25-,27-,28+,29-,30+/m0/s1. The van der Waals surface area contributed by atoms with Crippen molar-refractivity contribution in [1.29, 1.82) is 0 Å². The van der Waals surface area contributed by atoms with Gasteiger partial charge in [0.2, 0.25) is 47.8 Å². The molecule has 32 nitrogen and oxygen atoms in total. The number of nitrogens with two attached hydrogens (primary N) is 3. The van der Waals surface area contributed by atoms with Crippen LogP contribution in [0.5, 0.6) is 0 Å². The van der Waals surface area contributed by atoms with Crippen LogP contribution in [0.2, 0.25) is 0 Å². The molecule has 1 saturated heterocycles. The predicted octanol–water partition coefficient (Wildman–Crippen LogP) is -9.11. The molecule has 0 unspecified atom stereocenters. The van der Waals surface area contributed by atoms with E-state index >= 15 is 0 Å². The molecule has 1 fully saturated rings. The monoisotopic (exact) mass is 1030 g/mol. The minimum absolute atomic E-state index is 0.00921. The molecule has 0 radical (unpaired) electrons. The summed E-state index contributed by atoms with van der Waals surface area (Å²) in [6, 6.07) is -11.2. The molecule has 0 bridgehead atoms. The SMILES string of the molecule is C/C=C(\NC(=O)CNC(=O)[C@@H](NC(=O)[C@H](NC(=O)[C@@H](C)[C@H](O)[C@H](C)N)[C@@H](O)C(=O)O)[C@H](C)O)C(=O)N[C@H](CCCN(O)C=O)C(=O)N[C@@H](CO)C(=O)N[C@H](CCCN=C(N)N)C(=O)N[C@H]1CCCN(O)C1=O. The molecule has 21 N–H and O–H groups in total. The van der Waals surface area contributed by atoms with Crippen molar-refractivity contribution in [2.75, 3.05) is 32.8 Å². The number of rotatable bonds is 31. The fourth-order valence-electron chi connectivity index (χ4n) is 6.50. The van der Waals surface area contributed by atoms with Crippen LogP contribution in [0.4, 0.5) is 0 Å². The Morgan fingerprint density at radius 1 is 0.833 bits per heavy atom. The zero-order chi connectivity index (χ0) is 55.0. The fourth-order valence-corrected chi connectivity index (χ4v) is 6.50. The second-order valence-electron chi connectivity index (χ2n) is 16.5. The predicted molar refractivity (Wildman–Crippen MR) is 244 cm³/mol. The van der Waals surface area contributed by atoms with Crippen LogP contribution in [-0.4, -0.2) is 211 Å². The van der Waals surface area contributed by atoms with Crippen LogP contribution in [-0.2, 0) is 52.7 Å². The van der Waals surface area contributed by atoms with Crippen LogP contribution >= 0.6 is 0 Å². The van der Waals surface area contributed by atoms with Crippen molar-refractivity contribution >= 4 is 71.5 Å². The maximum atomic E-state index is 13.6. The number of aliphatic hydroxyl groups is 4. The first-order valence-corrected chi connectivity index (χ1v) is 22.4. The van der Waals surface area contributed by atoms with E-state index in [-0.39, 0.29) is 69.2 Å². The molecule has 0 aromatic carbocycles. The van der Waals surface area contributed by atoms with Crippen LogP contribution in [0.3, 0.4) is 0 Å². The minimum Gasteiger partial charge on any atom is -0.479 e. The molecule has 0 aromatic heterocycles. The largest absolute Gasteiger partial charge is 0.479 e. The van der Waals surface area contributed by atoms with E-state index in [1.165, 1.54) is 20.8 Å². The van der Waals surface area contributed by atoms with Crippen LogP contribution in [0.1, 0.15) is 66.2 Å². The first kappa shape index (κ1) is 62.9. The maximum Gasteiger partial charge on any atom is 0.335 e. The summed E-state index contributed by atoms with van der Waals surface area (Å²) in [5.41, 5.74) is 15.8. The van der Waals surface area contributed by atoms with E-state index in [0.717, 1.165) is 13.0 Å². The maximum absolute atomic E-state index is 13.6. The number of amides is 10.